The molecule has 0 bridgehead atoms. The third-order valence-electron chi connectivity index (χ3n) is 4.03. The predicted molar refractivity (Wildman–Crippen MR) is 104 cm³/mol. The zero-order valence-electron chi connectivity index (χ0n) is 16.0. The van der Waals surface area contributed by atoms with E-state index in [-0.39, 0.29) is 0 Å². The molecule has 0 aliphatic carbocycles. The molecule has 0 heterocycles. The van der Waals surface area contributed by atoms with Gasteiger partial charge < -0.3 is 10.1 Å². The molecule has 0 atom stereocenters. The summed E-state index contributed by atoms with van der Waals surface area (Å²) in [5, 5.41) is 4.73. The molecule has 0 fully saturated rings. The molecular formula is C21H24N2O4. The van der Waals surface area contributed by atoms with Crippen LogP contribution in [0.2, 0.25) is 0 Å². The highest BCUT2D eigenvalue weighted by molar-refractivity contribution is 6.02. The van der Waals surface area contributed by atoms with Crippen molar-refractivity contribution < 1.29 is 19.1 Å². The van der Waals surface area contributed by atoms with Gasteiger partial charge in [0.05, 0.1) is 5.56 Å². The van der Waals surface area contributed by atoms with Crippen molar-refractivity contribution in [2.75, 3.05) is 11.9 Å². The van der Waals surface area contributed by atoms with Crippen LogP contribution >= 0.6 is 0 Å². The minimum absolute atomic E-state index is 0.354. The molecule has 0 aliphatic rings. The zero-order valence-corrected chi connectivity index (χ0v) is 16.0. The molecule has 2 rings (SSSR count). The van der Waals surface area contributed by atoms with Gasteiger partial charge in [-0.3, -0.25) is 10.1 Å². The van der Waals surface area contributed by atoms with E-state index in [4.69, 9.17) is 4.74 Å². The Morgan fingerprint density at radius 3 is 2.26 bits per heavy atom. The van der Waals surface area contributed by atoms with Crippen LogP contribution in [-0.4, -0.2) is 24.5 Å². The molecule has 3 amide bonds. The van der Waals surface area contributed by atoms with Crippen LogP contribution in [-0.2, 0) is 9.53 Å². The van der Waals surface area contributed by atoms with Gasteiger partial charge in [-0.2, -0.15) is 0 Å². The Hall–Kier alpha value is -3.15. The number of hydrogen-bond acceptors (Lipinski definition) is 4. The van der Waals surface area contributed by atoms with Gasteiger partial charge >= 0.3 is 12.0 Å². The van der Waals surface area contributed by atoms with Gasteiger partial charge in [0.1, 0.15) is 0 Å². The summed E-state index contributed by atoms with van der Waals surface area (Å²) in [6, 6.07) is 11.9. The number of carbonyl (C=O) groups is 3. The normalized spacial score (nSPS) is 10.4. The van der Waals surface area contributed by atoms with Crippen LogP contribution in [0, 0.1) is 13.8 Å². The van der Waals surface area contributed by atoms with Crippen molar-refractivity contribution in [2.24, 2.45) is 0 Å². The first kappa shape index (κ1) is 20.2. The topological polar surface area (TPSA) is 84.5 Å². The molecule has 0 saturated heterocycles. The van der Waals surface area contributed by atoms with E-state index in [1.807, 2.05) is 38.1 Å². The number of esters is 1. The predicted octanol–water partition coefficient (Wildman–Crippen LogP) is 3.93. The number of ether oxygens (including phenoxy) is 1. The number of anilines is 1. The monoisotopic (exact) mass is 368 g/mol. The van der Waals surface area contributed by atoms with E-state index in [0.29, 0.717) is 17.2 Å². The minimum Gasteiger partial charge on any atom is -0.452 e. The molecule has 2 aromatic carbocycles. The van der Waals surface area contributed by atoms with Gasteiger partial charge in [-0.1, -0.05) is 43.7 Å². The van der Waals surface area contributed by atoms with Crippen molar-refractivity contribution in [1.82, 2.24) is 5.32 Å². The smallest absolute Gasteiger partial charge is 0.338 e. The van der Waals surface area contributed by atoms with Crippen molar-refractivity contribution in [3.63, 3.8) is 0 Å². The van der Waals surface area contributed by atoms with Gasteiger partial charge in [0.15, 0.2) is 6.61 Å². The van der Waals surface area contributed by atoms with Gasteiger partial charge in [0.25, 0.3) is 5.91 Å². The lowest BCUT2D eigenvalue weighted by Gasteiger charge is -2.10. The largest absolute Gasteiger partial charge is 0.452 e. The third kappa shape index (κ3) is 5.95. The number of benzene rings is 2. The van der Waals surface area contributed by atoms with E-state index >= 15 is 0 Å². The van der Waals surface area contributed by atoms with Gasteiger partial charge in [0.2, 0.25) is 0 Å². The molecule has 0 saturated carbocycles. The van der Waals surface area contributed by atoms with Crippen LogP contribution in [0.4, 0.5) is 10.5 Å². The van der Waals surface area contributed by atoms with Crippen LogP contribution in [0.5, 0.6) is 0 Å². The van der Waals surface area contributed by atoms with Gasteiger partial charge in [-0.25, -0.2) is 9.59 Å². The maximum atomic E-state index is 12.0. The Bertz CT molecular complexity index is 842. The molecule has 0 spiro atoms. The fourth-order valence-corrected chi connectivity index (χ4v) is 2.49. The number of aryl methyl sites for hydroxylation is 2. The van der Waals surface area contributed by atoms with Crippen LogP contribution in [0.3, 0.4) is 0 Å². The summed E-state index contributed by atoms with van der Waals surface area (Å²) in [6.07, 6.45) is 0. The zero-order chi connectivity index (χ0) is 20.0. The van der Waals surface area contributed by atoms with Crippen LogP contribution in [0.25, 0.3) is 0 Å². The third-order valence-corrected chi connectivity index (χ3v) is 4.03. The summed E-state index contributed by atoms with van der Waals surface area (Å²) in [5.74, 6) is -0.962. The lowest BCUT2D eigenvalue weighted by molar-refractivity contribution is -0.123. The molecule has 6 heteroatoms. The number of amides is 3. The quantitative estimate of drug-likeness (QED) is 0.783. The summed E-state index contributed by atoms with van der Waals surface area (Å²) in [5.41, 5.74) is 4.02. The van der Waals surface area contributed by atoms with Crippen molar-refractivity contribution in [2.45, 2.75) is 33.6 Å². The first-order chi connectivity index (χ1) is 12.8. The molecule has 0 unspecified atom stereocenters. The molecule has 27 heavy (non-hydrogen) atoms. The van der Waals surface area contributed by atoms with Gasteiger partial charge in [-0.05, 0) is 49.1 Å². The summed E-state index contributed by atoms with van der Waals surface area (Å²) >= 11 is 0. The van der Waals surface area contributed by atoms with Crippen LogP contribution < -0.4 is 10.6 Å². The lowest BCUT2D eigenvalue weighted by atomic mass is 10.0. The van der Waals surface area contributed by atoms with E-state index in [2.05, 4.69) is 24.5 Å². The first-order valence-corrected chi connectivity index (χ1v) is 8.71. The molecule has 2 N–H and O–H groups in total. The van der Waals surface area contributed by atoms with Crippen LogP contribution in [0.1, 0.15) is 46.8 Å². The molecular weight excluding hydrogens is 344 g/mol. The van der Waals surface area contributed by atoms with Crippen LogP contribution in [0.15, 0.2) is 42.5 Å². The van der Waals surface area contributed by atoms with E-state index in [0.717, 1.165) is 16.7 Å². The number of carbonyl (C=O) groups excluding carboxylic acids is 3. The summed E-state index contributed by atoms with van der Waals surface area (Å²) in [4.78, 5) is 35.7. The molecule has 6 nitrogen and oxygen atoms in total. The Labute approximate surface area is 158 Å². The Morgan fingerprint density at radius 1 is 1.00 bits per heavy atom. The van der Waals surface area contributed by atoms with Crippen molar-refractivity contribution in [3.05, 3.63) is 64.7 Å². The summed E-state index contributed by atoms with van der Waals surface area (Å²) < 4.78 is 4.95. The molecule has 0 radical (unpaired) electrons. The van der Waals surface area contributed by atoms with E-state index in [9.17, 15) is 14.4 Å². The highest BCUT2D eigenvalue weighted by Gasteiger charge is 2.13. The lowest BCUT2D eigenvalue weighted by Crippen LogP contribution is -2.37. The molecule has 0 aromatic heterocycles. The standard InChI is InChI=1S/C21H24N2O4/c1-13(2)16-6-8-17(9-7-16)20(25)27-12-19(24)23-21(26)22-18-10-5-14(3)11-15(18)4/h5-11,13H,12H2,1-4H3,(H2,22,23,24,26). The second kappa shape index (κ2) is 8.98. The van der Waals surface area contributed by atoms with Crippen molar-refractivity contribution in [1.29, 1.82) is 0 Å². The summed E-state index contributed by atoms with van der Waals surface area (Å²) in [7, 11) is 0. The molecule has 2 aromatic rings. The van der Waals surface area contributed by atoms with Gasteiger partial charge in [-0.15, -0.1) is 0 Å². The minimum atomic E-state index is -0.704. The first-order valence-electron chi connectivity index (χ1n) is 8.71. The highest BCUT2D eigenvalue weighted by Crippen LogP contribution is 2.16. The van der Waals surface area contributed by atoms with Crippen molar-refractivity contribution >= 4 is 23.6 Å². The second-order valence-electron chi connectivity index (χ2n) is 6.67. The average molecular weight is 368 g/mol. The number of imide groups is 1. The number of hydrogen-bond donors (Lipinski definition) is 2. The number of rotatable bonds is 5. The fraction of sp³-hybridized carbons (Fsp3) is 0.286. The molecule has 142 valence electrons. The highest BCUT2D eigenvalue weighted by atomic mass is 16.5. The van der Waals surface area contributed by atoms with Gasteiger partial charge in [0, 0.05) is 5.69 Å². The van der Waals surface area contributed by atoms with Crippen molar-refractivity contribution in [3.8, 4) is 0 Å². The van der Waals surface area contributed by atoms with E-state index < -0.39 is 24.5 Å². The number of nitrogens with one attached hydrogen (secondary N) is 2. The Morgan fingerprint density at radius 2 is 1.67 bits per heavy atom. The summed E-state index contributed by atoms with van der Waals surface area (Å²) in [6.45, 7) is 7.38. The van der Waals surface area contributed by atoms with E-state index in [1.165, 1.54) is 0 Å². The fourth-order valence-electron chi connectivity index (χ4n) is 2.49. The second-order valence-corrected chi connectivity index (χ2v) is 6.67. The maximum absolute atomic E-state index is 12.0. The average Bonchev–Trinajstić information content (AvgIpc) is 2.62. The Balaban J connectivity index is 1.82. The number of urea groups is 1. The Kier molecular flexibility index (Phi) is 6.71. The van der Waals surface area contributed by atoms with E-state index in [1.54, 1.807) is 18.2 Å². The SMILES string of the molecule is Cc1ccc(NC(=O)NC(=O)COC(=O)c2ccc(C(C)C)cc2)c(C)c1. The maximum Gasteiger partial charge on any atom is 0.338 e. The molecule has 0 aliphatic heterocycles.